The molecule has 2 saturated heterocycles. The average molecular weight is 495 g/mol. The predicted molar refractivity (Wildman–Crippen MR) is 141 cm³/mol. The summed E-state index contributed by atoms with van der Waals surface area (Å²) in [7, 11) is 0. The SMILES string of the molecule is CC(C)CN1C(=O)C2CCCCC2N2C(CCC(=O)NC3CCN(Cc4ccccc4)CC3)=NNC12. The van der Waals surface area contributed by atoms with Crippen molar-refractivity contribution in [3.8, 4) is 0 Å². The van der Waals surface area contributed by atoms with E-state index in [0.717, 1.165) is 70.5 Å². The molecule has 2 amide bonds. The Morgan fingerprint density at radius 2 is 1.86 bits per heavy atom. The number of nitrogens with one attached hydrogen (secondary N) is 2. The Bertz CT molecular complexity index is 943. The van der Waals surface area contributed by atoms with Gasteiger partial charge in [-0.25, -0.2) is 0 Å². The first-order valence-electron chi connectivity index (χ1n) is 14.0. The number of fused-ring (bicyclic) bond motifs is 3. The Morgan fingerprint density at radius 3 is 2.61 bits per heavy atom. The van der Waals surface area contributed by atoms with Crippen LogP contribution in [0, 0.1) is 11.8 Å². The third-order valence-corrected chi connectivity index (χ3v) is 8.19. The van der Waals surface area contributed by atoms with Gasteiger partial charge < -0.3 is 15.1 Å². The Kier molecular flexibility index (Phi) is 7.79. The van der Waals surface area contributed by atoms with Crippen molar-refractivity contribution in [2.75, 3.05) is 19.6 Å². The molecule has 1 aromatic rings. The second kappa shape index (κ2) is 11.2. The zero-order valence-electron chi connectivity index (χ0n) is 21.9. The number of amidine groups is 1. The molecule has 8 nitrogen and oxygen atoms in total. The molecule has 1 aromatic carbocycles. The summed E-state index contributed by atoms with van der Waals surface area (Å²) in [5, 5.41) is 7.92. The minimum absolute atomic E-state index is 0.0498. The smallest absolute Gasteiger partial charge is 0.230 e. The normalized spacial score (nSPS) is 26.9. The van der Waals surface area contributed by atoms with E-state index in [1.807, 2.05) is 4.90 Å². The number of benzene rings is 1. The van der Waals surface area contributed by atoms with Crippen molar-refractivity contribution in [3.63, 3.8) is 0 Å². The maximum Gasteiger partial charge on any atom is 0.230 e. The first-order chi connectivity index (χ1) is 17.5. The summed E-state index contributed by atoms with van der Waals surface area (Å²) in [5.41, 5.74) is 4.58. The lowest BCUT2D eigenvalue weighted by Gasteiger charge is -2.51. The number of nitrogens with zero attached hydrogens (tertiary/aromatic N) is 4. The predicted octanol–water partition coefficient (Wildman–Crippen LogP) is 3.11. The monoisotopic (exact) mass is 494 g/mol. The van der Waals surface area contributed by atoms with E-state index < -0.39 is 0 Å². The van der Waals surface area contributed by atoms with Crippen LogP contribution < -0.4 is 10.7 Å². The van der Waals surface area contributed by atoms with Gasteiger partial charge in [0.05, 0.1) is 5.92 Å². The third kappa shape index (κ3) is 5.53. The Labute approximate surface area is 215 Å². The Morgan fingerprint density at radius 1 is 1.11 bits per heavy atom. The molecule has 36 heavy (non-hydrogen) atoms. The molecule has 0 spiro atoms. The number of rotatable bonds is 8. The standard InChI is InChI=1S/C28H42N6O2/c1-20(2)18-33-27(36)23-10-6-7-11-24(23)34-25(30-31-28(33)34)12-13-26(35)29-22-14-16-32(17-15-22)19-21-8-4-3-5-9-21/h3-5,8-9,20,22-24,28,31H,6-7,10-19H2,1-2H3,(H,29,35). The van der Waals surface area contributed by atoms with Gasteiger partial charge in [-0.05, 0) is 37.2 Å². The molecule has 3 fully saturated rings. The molecular weight excluding hydrogens is 452 g/mol. The van der Waals surface area contributed by atoms with Gasteiger partial charge >= 0.3 is 0 Å². The number of hydrogen-bond acceptors (Lipinski definition) is 6. The van der Waals surface area contributed by atoms with E-state index in [1.54, 1.807) is 0 Å². The fourth-order valence-electron chi connectivity index (χ4n) is 6.42. The highest BCUT2D eigenvalue weighted by atomic mass is 16.2. The number of hydrazone groups is 1. The lowest BCUT2D eigenvalue weighted by Crippen LogP contribution is -2.67. The lowest BCUT2D eigenvalue weighted by molar-refractivity contribution is -0.156. The van der Waals surface area contributed by atoms with Gasteiger partial charge in [0, 0.05) is 51.1 Å². The fraction of sp³-hybridized carbons (Fsp3) is 0.679. The van der Waals surface area contributed by atoms with Crippen molar-refractivity contribution in [1.29, 1.82) is 0 Å². The number of piperidine rings is 1. The molecule has 0 radical (unpaired) electrons. The van der Waals surface area contributed by atoms with E-state index in [2.05, 4.69) is 69.8 Å². The van der Waals surface area contributed by atoms with E-state index in [1.165, 1.54) is 5.56 Å². The highest BCUT2D eigenvalue weighted by molar-refractivity contribution is 5.91. The van der Waals surface area contributed by atoms with Crippen LogP contribution in [0.25, 0.3) is 0 Å². The molecule has 1 saturated carbocycles. The van der Waals surface area contributed by atoms with Gasteiger partial charge in [0.25, 0.3) is 0 Å². The largest absolute Gasteiger partial charge is 0.353 e. The summed E-state index contributed by atoms with van der Waals surface area (Å²) in [6.45, 7) is 8.02. The van der Waals surface area contributed by atoms with Crippen LogP contribution >= 0.6 is 0 Å². The van der Waals surface area contributed by atoms with Crippen molar-refractivity contribution >= 4 is 17.6 Å². The molecular formula is C28H42N6O2. The molecule has 3 aliphatic heterocycles. The van der Waals surface area contributed by atoms with Gasteiger partial charge in [-0.2, -0.15) is 5.10 Å². The van der Waals surface area contributed by atoms with Gasteiger partial charge in [0.2, 0.25) is 11.8 Å². The number of amides is 2. The van der Waals surface area contributed by atoms with Crippen LogP contribution in [0.2, 0.25) is 0 Å². The molecule has 3 atom stereocenters. The fourth-order valence-corrected chi connectivity index (χ4v) is 6.42. The number of hydrogen-bond donors (Lipinski definition) is 2. The number of carbonyl (C=O) groups is 2. The van der Waals surface area contributed by atoms with Crippen LogP contribution in [-0.4, -0.2) is 70.4 Å². The quantitative estimate of drug-likeness (QED) is 0.581. The Hall–Kier alpha value is -2.61. The number of likely N-dealkylation sites (tertiary alicyclic amines) is 1. The van der Waals surface area contributed by atoms with Crippen molar-refractivity contribution in [2.24, 2.45) is 16.9 Å². The molecule has 5 rings (SSSR count). The van der Waals surface area contributed by atoms with Crippen LogP contribution in [0.15, 0.2) is 35.4 Å². The first-order valence-corrected chi connectivity index (χ1v) is 14.0. The van der Waals surface area contributed by atoms with Crippen LogP contribution in [0.4, 0.5) is 0 Å². The van der Waals surface area contributed by atoms with E-state index in [9.17, 15) is 9.59 Å². The minimum atomic E-state index is -0.203. The van der Waals surface area contributed by atoms with Crippen molar-refractivity contribution in [2.45, 2.75) is 90.1 Å². The molecule has 0 bridgehead atoms. The highest BCUT2D eigenvalue weighted by Crippen LogP contribution is 2.38. The van der Waals surface area contributed by atoms with Gasteiger partial charge in [-0.15, -0.1) is 0 Å². The highest BCUT2D eigenvalue weighted by Gasteiger charge is 2.50. The molecule has 8 heteroatoms. The summed E-state index contributed by atoms with van der Waals surface area (Å²) in [4.78, 5) is 33.0. The van der Waals surface area contributed by atoms with Gasteiger partial charge in [-0.3, -0.25) is 19.9 Å². The second-order valence-electron chi connectivity index (χ2n) is 11.4. The molecule has 2 N–H and O–H groups in total. The van der Waals surface area contributed by atoms with E-state index in [4.69, 9.17) is 0 Å². The maximum atomic E-state index is 13.3. The summed E-state index contributed by atoms with van der Waals surface area (Å²) in [6.07, 6.45) is 7.07. The van der Waals surface area contributed by atoms with Crippen LogP contribution in [-0.2, 0) is 16.1 Å². The van der Waals surface area contributed by atoms with E-state index >= 15 is 0 Å². The molecule has 3 unspecified atom stereocenters. The number of carbonyl (C=O) groups excluding carboxylic acids is 2. The lowest BCUT2D eigenvalue weighted by atomic mass is 9.80. The molecule has 0 aromatic heterocycles. The van der Waals surface area contributed by atoms with Crippen molar-refractivity contribution in [1.82, 2.24) is 25.4 Å². The molecule has 196 valence electrons. The summed E-state index contributed by atoms with van der Waals surface area (Å²) < 4.78 is 0. The minimum Gasteiger partial charge on any atom is -0.353 e. The third-order valence-electron chi connectivity index (χ3n) is 8.19. The first kappa shape index (κ1) is 25.1. The summed E-state index contributed by atoms with van der Waals surface area (Å²) >= 11 is 0. The van der Waals surface area contributed by atoms with Gasteiger partial charge in [0.1, 0.15) is 5.84 Å². The van der Waals surface area contributed by atoms with Crippen LogP contribution in [0.5, 0.6) is 0 Å². The topological polar surface area (TPSA) is 80.3 Å². The maximum absolute atomic E-state index is 13.3. The van der Waals surface area contributed by atoms with Crippen molar-refractivity contribution < 1.29 is 9.59 Å². The van der Waals surface area contributed by atoms with Gasteiger partial charge in [0.15, 0.2) is 6.29 Å². The molecule has 4 aliphatic rings. The van der Waals surface area contributed by atoms with E-state index in [-0.39, 0.29) is 36.1 Å². The zero-order chi connectivity index (χ0) is 25.1. The average Bonchev–Trinajstić information content (AvgIpc) is 3.31. The van der Waals surface area contributed by atoms with Gasteiger partial charge in [-0.1, -0.05) is 57.0 Å². The summed E-state index contributed by atoms with van der Waals surface area (Å²) in [5.74, 6) is 1.76. The van der Waals surface area contributed by atoms with Crippen LogP contribution in [0.1, 0.15) is 70.8 Å². The van der Waals surface area contributed by atoms with Crippen LogP contribution in [0.3, 0.4) is 0 Å². The summed E-state index contributed by atoms with van der Waals surface area (Å²) in [6, 6.07) is 11.0. The van der Waals surface area contributed by atoms with E-state index in [0.29, 0.717) is 18.8 Å². The van der Waals surface area contributed by atoms with Crippen molar-refractivity contribution in [3.05, 3.63) is 35.9 Å². The molecule has 1 aliphatic carbocycles. The zero-order valence-corrected chi connectivity index (χ0v) is 21.9. The Balaban J connectivity index is 1.12. The second-order valence-corrected chi connectivity index (χ2v) is 11.4. The molecule has 3 heterocycles.